The van der Waals surface area contributed by atoms with Gasteiger partial charge in [-0.3, -0.25) is 4.79 Å². The first-order valence-electron chi connectivity index (χ1n) is 26.4. The molecule has 0 spiro atoms. The van der Waals surface area contributed by atoms with Crippen LogP contribution in [0.25, 0.3) is 22.3 Å². The van der Waals surface area contributed by atoms with E-state index in [4.69, 9.17) is 4.99 Å². The number of ketones is 1. The molecule has 0 amide bonds. The Kier molecular flexibility index (Phi) is 13.0. The van der Waals surface area contributed by atoms with E-state index in [9.17, 15) is 0 Å². The van der Waals surface area contributed by atoms with E-state index in [0.29, 0.717) is 11.4 Å². The zero-order valence-corrected chi connectivity index (χ0v) is 48.9. The van der Waals surface area contributed by atoms with Crippen LogP contribution in [0.2, 0.25) is 0 Å². The molecular formula is C68H77BrN4O. The molecular weight excluding hydrogens is 969 g/mol. The lowest BCUT2D eigenvalue weighted by Gasteiger charge is -2.27. The van der Waals surface area contributed by atoms with Crippen molar-refractivity contribution in [3.63, 3.8) is 0 Å². The third-order valence-corrected chi connectivity index (χ3v) is 15.4. The normalized spacial score (nSPS) is 15.9. The maximum absolute atomic E-state index is 15.2. The van der Waals surface area contributed by atoms with Gasteiger partial charge in [-0.1, -0.05) is 207 Å². The Morgan fingerprint density at radius 3 is 1.23 bits per heavy atom. The highest BCUT2D eigenvalue weighted by Crippen LogP contribution is 2.42. The molecule has 3 aliphatic heterocycles. The van der Waals surface area contributed by atoms with Crippen molar-refractivity contribution in [2.45, 2.75) is 157 Å². The Bertz CT molecular complexity index is 3470. The summed E-state index contributed by atoms with van der Waals surface area (Å²) in [6.45, 7) is 41.1. The van der Waals surface area contributed by atoms with E-state index in [-0.39, 0.29) is 38.3 Å². The monoisotopic (exact) mass is 1040 g/mol. The smallest absolute Gasteiger partial charge is 0.204 e. The maximum atomic E-state index is 15.2. The Morgan fingerprint density at radius 1 is 0.405 bits per heavy atom. The van der Waals surface area contributed by atoms with Crippen molar-refractivity contribution in [3.8, 4) is 0 Å². The Morgan fingerprint density at radius 2 is 0.797 bits per heavy atom. The van der Waals surface area contributed by atoms with E-state index in [1.165, 1.54) is 33.4 Å². The van der Waals surface area contributed by atoms with Gasteiger partial charge in [-0.2, -0.15) is 0 Å². The van der Waals surface area contributed by atoms with Crippen LogP contribution in [0.15, 0.2) is 148 Å². The molecule has 0 saturated heterocycles. The first-order valence-corrected chi connectivity index (χ1v) is 27.2. The van der Waals surface area contributed by atoms with E-state index >= 15 is 4.79 Å². The second-order valence-electron chi connectivity index (χ2n) is 27.1. The Labute approximate surface area is 450 Å². The first-order chi connectivity index (χ1) is 34.2. The van der Waals surface area contributed by atoms with Crippen molar-refractivity contribution in [2.75, 3.05) is 0 Å². The number of rotatable bonds is 4. The number of halogens is 1. The topological polar surface area (TPSA) is 73.0 Å². The van der Waals surface area contributed by atoms with Gasteiger partial charge in [0, 0.05) is 54.9 Å². The number of aromatic nitrogens is 2. The second kappa shape index (κ2) is 18.3. The average molecular weight is 1050 g/mol. The van der Waals surface area contributed by atoms with Gasteiger partial charge in [-0.05, 0) is 137 Å². The molecule has 0 unspecified atom stereocenters. The minimum absolute atomic E-state index is 0.0956. The van der Waals surface area contributed by atoms with Crippen LogP contribution >= 0.6 is 15.9 Å². The fourth-order valence-corrected chi connectivity index (χ4v) is 10.3. The third-order valence-electron chi connectivity index (χ3n) is 14.9. The molecule has 9 rings (SSSR count). The van der Waals surface area contributed by atoms with Gasteiger partial charge in [-0.15, -0.1) is 0 Å². The number of fused-ring (bicyclic) bond motifs is 7. The molecule has 0 saturated carbocycles. The molecule has 6 aromatic rings. The molecule has 0 fully saturated rings. The Balaban J connectivity index is 1.48. The standard InChI is InChI=1S/C68H77BrN4O/c1-63(2,3)43-29-40(30-44(35-43)64(4,5)6)59-51-24-23-50(70-51)58(39-19-21-49(69)22-20-39)56-38-57(74)62(73-56)61(42-33-47(67(13,14)15)37-48(34-42)68(16,17)18)55-28-27-54(72-55)60(53-26-25-52(59)71-53)41-31-45(65(7,8)9)36-46(32-41)66(10,11)12/h19-38,71-73H,1-18H3. The fraction of sp³-hybridized carbons (Fsp3) is 0.353. The lowest BCUT2D eigenvalue weighted by Crippen LogP contribution is -2.22. The minimum atomic E-state index is -0.159. The number of hydrogen-bond acceptors (Lipinski definition) is 3. The molecule has 74 heavy (non-hydrogen) atoms. The van der Waals surface area contributed by atoms with Crippen LogP contribution < -0.4 is 16.0 Å². The van der Waals surface area contributed by atoms with Gasteiger partial charge in [0.2, 0.25) is 5.78 Å². The van der Waals surface area contributed by atoms with Crippen molar-refractivity contribution >= 4 is 49.7 Å². The van der Waals surface area contributed by atoms with Gasteiger partial charge in [0.25, 0.3) is 0 Å². The van der Waals surface area contributed by atoms with Crippen LogP contribution in [0.1, 0.15) is 192 Å². The van der Waals surface area contributed by atoms with E-state index in [2.05, 4.69) is 271 Å². The van der Waals surface area contributed by atoms with Gasteiger partial charge in [0.05, 0.1) is 22.8 Å². The summed E-state index contributed by atoms with van der Waals surface area (Å²) in [7, 11) is 0. The third kappa shape index (κ3) is 10.4. The van der Waals surface area contributed by atoms with Crippen LogP contribution in [0.4, 0.5) is 0 Å². The van der Waals surface area contributed by atoms with Crippen molar-refractivity contribution in [1.82, 2.24) is 15.3 Å². The number of benzene rings is 4. The molecule has 382 valence electrons. The lowest BCUT2D eigenvalue weighted by atomic mass is 9.78. The van der Waals surface area contributed by atoms with E-state index in [1.54, 1.807) is 6.08 Å². The average Bonchev–Trinajstić information content (AvgIpc) is 4.13. The Hall–Kier alpha value is -6.24. The van der Waals surface area contributed by atoms with Crippen LogP contribution in [0.5, 0.6) is 0 Å². The van der Waals surface area contributed by atoms with Crippen LogP contribution in [0, 0.1) is 0 Å². The quantitative estimate of drug-likeness (QED) is 0.165. The zero-order valence-electron chi connectivity index (χ0n) is 47.3. The summed E-state index contributed by atoms with van der Waals surface area (Å²) in [4.78, 5) is 28.9. The highest BCUT2D eigenvalue weighted by molar-refractivity contribution is 9.10. The van der Waals surface area contributed by atoms with Gasteiger partial charge in [0.15, 0.2) is 0 Å². The summed E-state index contributed by atoms with van der Waals surface area (Å²) in [5, 5.41) is 5.73. The van der Waals surface area contributed by atoms with Gasteiger partial charge in [0.1, 0.15) is 0 Å². The molecule has 5 nitrogen and oxygen atoms in total. The number of allylic oxidation sites excluding steroid dienone is 4. The zero-order chi connectivity index (χ0) is 53.8. The number of carbonyl (C=O) groups excluding carboxylic acids is 1. The SMILES string of the molecule is CC(C)(C)c1cc(C2=C3NC(=CC3=O)C(c3ccc(Br)cc3)=C3C=CC(=N3)C(c3cc(C(C)(C)C)cc(C(C)(C)C)c3)=c3ccc([nH]3)=C(c3cc(C(C)(C)C)cc(C(C)(C)C)c3)c3ccc2[nH]3)cc(C(C)(C)C)c1. The molecule has 2 aromatic heterocycles. The minimum Gasteiger partial charge on any atom is -0.354 e. The number of carbonyl (C=O) groups is 1. The molecule has 5 heterocycles. The molecule has 8 bridgehead atoms. The fourth-order valence-electron chi connectivity index (χ4n) is 10.1. The molecule has 3 N–H and O–H groups in total. The van der Waals surface area contributed by atoms with Gasteiger partial charge < -0.3 is 15.3 Å². The van der Waals surface area contributed by atoms with Crippen molar-refractivity contribution < 1.29 is 4.79 Å². The number of nitrogens with one attached hydrogen (secondary N) is 3. The van der Waals surface area contributed by atoms with Crippen LogP contribution in [-0.4, -0.2) is 21.5 Å². The number of nitrogens with zero attached hydrogens (tertiary/aromatic N) is 1. The summed E-state index contributed by atoms with van der Waals surface area (Å²) in [5.41, 5.74) is 19.1. The number of aliphatic imine (C=N–C) groups is 1. The summed E-state index contributed by atoms with van der Waals surface area (Å²) in [6.07, 6.45) is 6.04. The van der Waals surface area contributed by atoms with Crippen molar-refractivity contribution in [2.24, 2.45) is 4.99 Å². The van der Waals surface area contributed by atoms with Crippen molar-refractivity contribution in [3.05, 3.63) is 221 Å². The first kappa shape index (κ1) is 52.6. The predicted molar refractivity (Wildman–Crippen MR) is 316 cm³/mol. The number of H-pyrrole nitrogens is 2. The molecule has 0 aliphatic carbocycles. The van der Waals surface area contributed by atoms with E-state index in [1.807, 2.05) is 0 Å². The summed E-state index contributed by atoms with van der Waals surface area (Å²) in [6, 6.07) is 38.3. The lowest BCUT2D eigenvalue weighted by molar-refractivity contribution is -0.111. The molecule has 6 heteroatoms. The highest BCUT2D eigenvalue weighted by Gasteiger charge is 2.33. The number of hydrogen-bond donors (Lipinski definition) is 3. The molecule has 4 aromatic carbocycles. The second-order valence-corrected chi connectivity index (χ2v) is 28.0. The van der Waals surface area contributed by atoms with Gasteiger partial charge >= 0.3 is 0 Å². The maximum Gasteiger partial charge on any atom is 0.204 e. The van der Waals surface area contributed by atoms with E-state index < -0.39 is 0 Å². The predicted octanol–water partition coefficient (Wildman–Crippen LogP) is 15.6. The van der Waals surface area contributed by atoms with Gasteiger partial charge in [-0.25, -0.2) is 4.99 Å². The van der Waals surface area contributed by atoms with Crippen LogP contribution in [-0.2, 0) is 37.3 Å². The molecule has 0 radical (unpaired) electrons. The van der Waals surface area contributed by atoms with Crippen molar-refractivity contribution in [1.29, 1.82) is 0 Å². The summed E-state index contributed by atoms with van der Waals surface area (Å²) >= 11 is 3.69. The summed E-state index contributed by atoms with van der Waals surface area (Å²) < 4.78 is 0.969. The van der Waals surface area contributed by atoms with Crippen LogP contribution in [0.3, 0.4) is 0 Å². The number of aromatic amines is 2. The highest BCUT2D eigenvalue weighted by atomic mass is 79.9. The largest absolute Gasteiger partial charge is 0.354 e. The molecule has 0 atom stereocenters. The van der Waals surface area contributed by atoms with E-state index in [0.717, 1.165) is 82.5 Å². The molecule has 3 aliphatic rings. The summed E-state index contributed by atoms with van der Waals surface area (Å²) in [5.74, 6) is -0.0956.